The third kappa shape index (κ3) is 4.06. The van der Waals surface area contributed by atoms with Crippen LogP contribution in [0.25, 0.3) is 0 Å². The topological polar surface area (TPSA) is 20.3 Å². The maximum atomic E-state index is 13.7. The largest absolute Gasteiger partial charge is 0.334 e. The molecule has 2 nitrogen and oxygen atoms in total. The summed E-state index contributed by atoms with van der Waals surface area (Å²) in [7, 11) is -2.35. The van der Waals surface area contributed by atoms with Crippen LogP contribution in [-0.4, -0.2) is 31.0 Å². The van der Waals surface area contributed by atoms with Crippen molar-refractivity contribution in [3.8, 4) is 0 Å². The van der Waals surface area contributed by atoms with Crippen molar-refractivity contribution in [1.29, 1.82) is 0 Å². The molecule has 150 valence electrons. The van der Waals surface area contributed by atoms with Crippen LogP contribution in [0.2, 0.25) is 6.55 Å². The van der Waals surface area contributed by atoms with Crippen LogP contribution in [0.3, 0.4) is 0 Å². The van der Waals surface area contributed by atoms with Gasteiger partial charge in [-0.05, 0) is 49.3 Å². The molecule has 0 atom stereocenters. The Morgan fingerprint density at radius 2 is 1.10 bits per heavy atom. The van der Waals surface area contributed by atoms with Gasteiger partial charge in [0.15, 0.2) is 0 Å². The molecule has 3 heteroatoms. The van der Waals surface area contributed by atoms with Crippen LogP contribution in [0.1, 0.15) is 38.1 Å². The molecule has 0 aliphatic carbocycles. The molecule has 0 spiro atoms. The first kappa shape index (κ1) is 21.1. The van der Waals surface area contributed by atoms with Crippen LogP contribution >= 0.6 is 0 Å². The summed E-state index contributed by atoms with van der Waals surface area (Å²) in [5.41, 5.74) is 0.830. The number of carbonyl (C=O) groups is 1. The standard InChI is InChI=1S/C26H31NOSi/c1-20(2)27(21(3)4)26(28)24-18-12-13-19-25(24)29(5,22-14-8-6-9-15-22)23-16-10-7-11-17-23/h6-21H,1-5H3. The Labute approximate surface area is 176 Å². The SMILES string of the molecule is CC(C)N(C(=O)c1ccccc1[Si](C)(c1ccccc1)c1ccccc1)C(C)C. The Morgan fingerprint density at radius 3 is 1.55 bits per heavy atom. The van der Waals surface area contributed by atoms with E-state index in [1.165, 1.54) is 15.6 Å². The Hall–Kier alpha value is -2.65. The van der Waals surface area contributed by atoms with Gasteiger partial charge in [0.1, 0.15) is 8.07 Å². The van der Waals surface area contributed by atoms with E-state index in [1.807, 2.05) is 17.0 Å². The van der Waals surface area contributed by atoms with E-state index in [4.69, 9.17) is 0 Å². The van der Waals surface area contributed by atoms with Gasteiger partial charge in [0.25, 0.3) is 5.91 Å². The van der Waals surface area contributed by atoms with Gasteiger partial charge in [0.2, 0.25) is 0 Å². The van der Waals surface area contributed by atoms with Gasteiger partial charge in [-0.1, -0.05) is 85.4 Å². The molecule has 1 amide bonds. The van der Waals surface area contributed by atoms with Gasteiger partial charge >= 0.3 is 0 Å². The molecule has 3 aromatic carbocycles. The normalized spacial score (nSPS) is 11.7. The number of rotatable bonds is 6. The smallest absolute Gasteiger partial charge is 0.254 e. The maximum absolute atomic E-state index is 13.7. The molecular weight excluding hydrogens is 370 g/mol. The van der Waals surface area contributed by atoms with Crippen LogP contribution in [0.15, 0.2) is 84.9 Å². The highest BCUT2D eigenvalue weighted by molar-refractivity contribution is 7.11. The minimum Gasteiger partial charge on any atom is -0.334 e. The second kappa shape index (κ2) is 8.79. The molecule has 0 fully saturated rings. The van der Waals surface area contributed by atoms with E-state index in [9.17, 15) is 4.79 Å². The molecule has 0 radical (unpaired) electrons. The van der Waals surface area contributed by atoms with Crippen molar-refractivity contribution in [2.45, 2.75) is 46.3 Å². The van der Waals surface area contributed by atoms with Crippen molar-refractivity contribution in [2.75, 3.05) is 0 Å². The maximum Gasteiger partial charge on any atom is 0.254 e. The number of hydrogen-bond acceptors (Lipinski definition) is 1. The minimum absolute atomic E-state index is 0.121. The monoisotopic (exact) mass is 401 g/mol. The average molecular weight is 402 g/mol. The molecule has 0 saturated carbocycles. The first-order valence-corrected chi connectivity index (χ1v) is 12.9. The van der Waals surface area contributed by atoms with Crippen molar-refractivity contribution < 1.29 is 4.79 Å². The third-order valence-electron chi connectivity index (χ3n) is 5.75. The van der Waals surface area contributed by atoms with Gasteiger partial charge in [0.05, 0.1) is 0 Å². The predicted molar refractivity (Wildman–Crippen MR) is 126 cm³/mol. The zero-order valence-corrected chi connectivity index (χ0v) is 19.1. The zero-order valence-electron chi connectivity index (χ0n) is 18.1. The van der Waals surface area contributed by atoms with Crippen LogP contribution < -0.4 is 15.6 Å². The lowest BCUT2D eigenvalue weighted by atomic mass is 10.1. The van der Waals surface area contributed by atoms with Crippen molar-refractivity contribution >= 4 is 29.5 Å². The molecule has 3 rings (SSSR count). The molecular formula is C26H31NOSi. The number of nitrogens with zero attached hydrogens (tertiary/aromatic N) is 1. The van der Waals surface area contributed by atoms with Crippen molar-refractivity contribution in [3.05, 3.63) is 90.5 Å². The second-order valence-electron chi connectivity index (χ2n) is 8.30. The number of hydrogen-bond donors (Lipinski definition) is 0. The lowest BCUT2D eigenvalue weighted by Gasteiger charge is -2.35. The highest BCUT2D eigenvalue weighted by Crippen LogP contribution is 2.15. The highest BCUT2D eigenvalue weighted by Gasteiger charge is 2.38. The Balaban J connectivity index is 2.25. The van der Waals surface area contributed by atoms with Crippen LogP contribution in [-0.2, 0) is 0 Å². The molecule has 3 aromatic rings. The van der Waals surface area contributed by atoms with E-state index < -0.39 is 8.07 Å². The summed E-state index contributed by atoms with van der Waals surface area (Å²) in [4.78, 5) is 15.7. The summed E-state index contributed by atoms with van der Waals surface area (Å²) >= 11 is 0. The number of carbonyl (C=O) groups excluding carboxylic acids is 1. The van der Waals surface area contributed by atoms with E-state index >= 15 is 0 Å². The van der Waals surface area contributed by atoms with E-state index in [2.05, 4.69) is 107 Å². The fourth-order valence-electron chi connectivity index (χ4n) is 4.33. The molecule has 0 saturated heterocycles. The van der Waals surface area contributed by atoms with Gasteiger partial charge in [-0.25, -0.2) is 0 Å². The molecule has 0 N–H and O–H groups in total. The summed E-state index contributed by atoms with van der Waals surface area (Å²) in [5, 5.41) is 3.80. The quantitative estimate of drug-likeness (QED) is 0.451. The first-order valence-electron chi connectivity index (χ1n) is 10.4. The average Bonchev–Trinajstić information content (AvgIpc) is 2.74. The van der Waals surface area contributed by atoms with Crippen molar-refractivity contribution in [1.82, 2.24) is 4.90 Å². The fourth-order valence-corrected chi connectivity index (χ4v) is 8.16. The third-order valence-corrected chi connectivity index (χ3v) is 10.2. The fraction of sp³-hybridized carbons (Fsp3) is 0.269. The molecule has 0 bridgehead atoms. The lowest BCUT2D eigenvalue weighted by Crippen LogP contribution is -2.66. The van der Waals surface area contributed by atoms with Gasteiger partial charge in [0, 0.05) is 17.6 Å². The molecule has 0 unspecified atom stereocenters. The minimum atomic E-state index is -2.35. The lowest BCUT2D eigenvalue weighted by molar-refractivity contribution is 0.0645. The first-order chi connectivity index (χ1) is 13.9. The van der Waals surface area contributed by atoms with E-state index in [-0.39, 0.29) is 18.0 Å². The summed E-state index contributed by atoms with van der Waals surface area (Å²) in [5.74, 6) is 0.121. The van der Waals surface area contributed by atoms with Gasteiger partial charge < -0.3 is 4.90 Å². The van der Waals surface area contributed by atoms with Crippen molar-refractivity contribution in [2.24, 2.45) is 0 Å². The highest BCUT2D eigenvalue weighted by atomic mass is 28.3. The second-order valence-corrected chi connectivity index (χ2v) is 12.2. The Morgan fingerprint density at radius 1 is 0.690 bits per heavy atom. The van der Waals surface area contributed by atoms with Crippen LogP contribution in [0.4, 0.5) is 0 Å². The van der Waals surface area contributed by atoms with Crippen LogP contribution in [0, 0.1) is 0 Å². The zero-order chi connectivity index (χ0) is 21.0. The van der Waals surface area contributed by atoms with Gasteiger partial charge in [-0.2, -0.15) is 0 Å². The van der Waals surface area contributed by atoms with E-state index in [0.717, 1.165) is 5.56 Å². The summed E-state index contributed by atoms with van der Waals surface area (Å²) < 4.78 is 0. The predicted octanol–water partition coefficient (Wildman–Crippen LogP) is 4.05. The summed E-state index contributed by atoms with van der Waals surface area (Å²) in [6.07, 6.45) is 0. The number of amides is 1. The Bertz CT molecular complexity index is 903. The van der Waals surface area contributed by atoms with Crippen molar-refractivity contribution in [3.63, 3.8) is 0 Å². The summed E-state index contributed by atoms with van der Waals surface area (Å²) in [6.45, 7) is 10.7. The van der Waals surface area contributed by atoms with Gasteiger partial charge in [-0.15, -0.1) is 0 Å². The van der Waals surface area contributed by atoms with Gasteiger partial charge in [-0.3, -0.25) is 4.79 Å². The summed E-state index contributed by atoms with van der Waals surface area (Å²) in [6, 6.07) is 29.9. The van der Waals surface area contributed by atoms with E-state index in [1.54, 1.807) is 0 Å². The number of benzene rings is 3. The molecule has 29 heavy (non-hydrogen) atoms. The molecule has 0 aromatic heterocycles. The Kier molecular flexibility index (Phi) is 6.38. The molecule has 0 aliphatic heterocycles. The van der Waals surface area contributed by atoms with E-state index in [0.29, 0.717) is 0 Å². The molecule has 0 aliphatic rings. The van der Waals surface area contributed by atoms with Crippen LogP contribution in [0.5, 0.6) is 0 Å². The molecule has 0 heterocycles.